The van der Waals surface area contributed by atoms with E-state index in [1.54, 1.807) is 17.5 Å². The van der Waals surface area contributed by atoms with Gasteiger partial charge in [-0.15, -0.1) is 11.3 Å². The molecule has 1 heterocycles. The highest BCUT2D eigenvalue weighted by Crippen LogP contribution is 2.30. The van der Waals surface area contributed by atoms with E-state index in [2.05, 4.69) is 4.98 Å². The standard InChI is InChI=1S/C10H14N2O2S/c13-10(14)7-12(5-8-1-2-8)6-9-11-3-4-15-9/h3-4,8H,1-2,5-7H2,(H,13,14). The molecule has 0 radical (unpaired) electrons. The summed E-state index contributed by atoms with van der Waals surface area (Å²) in [4.78, 5) is 16.8. The Hall–Kier alpha value is -0.940. The van der Waals surface area contributed by atoms with Gasteiger partial charge in [-0.2, -0.15) is 0 Å². The van der Waals surface area contributed by atoms with Crippen LogP contribution in [0.1, 0.15) is 17.8 Å². The molecule has 4 nitrogen and oxygen atoms in total. The van der Waals surface area contributed by atoms with E-state index in [0.717, 1.165) is 11.6 Å². The number of carboxylic acid groups (broad SMARTS) is 1. The number of hydrogen-bond acceptors (Lipinski definition) is 4. The molecule has 0 aromatic carbocycles. The van der Waals surface area contributed by atoms with E-state index in [4.69, 9.17) is 5.11 Å². The molecule has 1 aromatic heterocycles. The van der Waals surface area contributed by atoms with Crippen LogP contribution in [-0.2, 0) is 11.3 Å². The zero-order valence-electron chi connectivity index (χ0n) is 8.43. The number of nitrogens with zero attached hydrogens (tertiary/aromatic N) is 2. The Bertz CT molecular complexity index is 322. The summed E-state index contributed by atoms with van der Waals surface area (Å²) >= 11 is 1.58. The van der Waals surface area contributed by atoms with E-state index < -0.39 is 5.97 Å². The summed E-state index contributed by atoms with van der Waals surface area (Å²) in [5.41, 5.74) is 0. The van der Waals surface area contributed by atoms with E-state index in [-0.39, 0.29) is 6.54 Å². The van der Waals surface area contributed by atoms with Gasteiger partial charge in [0, 0.05) is 18.1 Å². The van der Waals surface area contributed by atoms with Crippen LogP contribution < -0.4 is 0 Å². The number of hydrogen-bond donors (Lipinski definition) is 1. The maximum atomic E-state index is 10.7. The second-order valence-electron chi connectivity index (χ2n) is 3.93. The van der Waals surface area contributed by atoms with Crippen LogP contribution in [-0.4, -0.2) is 34.0 Å². The minimum Gasteiger partial charge on any atom is -0.480 e. The molecule has 0 atom stereocenters. The predicted molar refractivity (Wildman–Crippen MR) is 57.8 cm³/mol. The van der Waals surface area contributed by atoms with Gasteiger partial charge >= 0.3 is 5.97 Å². The number of rotatable bonds is 6. The van der Waals surface area contributed by atoms with Crippen molar-refractivity contribution in [3.8, 4) is 0 Å². The van der Waals surface area contributed by atoms with Crippen molar-refractivity contribution < 1.29 is 9.90 Å². The van der Waals surface area contributed by atoms with E-state index in [1.165, 1.54) is 12.8 Å². The smallest absolute Gasteiger partial charge is 0.317 e. The maximum Gasteiger partial charge on any atom is 0.317 e. The fraction of sp³-hybridized carbons (Fsp3) is 0.600. The lowest BCUT2D eigenvalue weighted by atomic mass is 10.3. The number of aromatic nitrogens is 1. The molecule has 1 saturated carbocycles. The van der Waals surface area contributed by atoms with Crippen LogP contribution in [0.3, 0.4) is 0 Å². The van der Waals surface area contributed by atoms with E-state index in [0.29, 0.717) is 12.5 Å². The molecular weight excluding hydrogens is 212 g/mol. The molecular formula is C10H14N2O2S. The third-order valence-electron chi connectivity index (χ3n) is 2.41. The first-order valence-electron chi connectivity index (χ1n) is 5.06. The predicted octanol–water partition coefficient (Wildman–Crippen LogP) is 1.44. The largest absolute Gasteiger partial charge is 0.480 e. The van der Waals surface area contributed by atoms with Gasteiger partial charge in [0.05, 0.1) is 13.1 Å². The van der Waals surface area contributed by atoms with Crippen LogP contribution >= 0.6 is 11.3 Å². The number of carbonyl (C=O) groups is 1. The van der Waals surface area contributed by atoms with E-state index in [9.17, 15) is 4.79 Å². The van der Waals surface area contributed by atoms with Gasteiger partial charge in [0.1, 0.15) is 5.01 Å². The number of carboxylic acids is 1. The minimum atomic E-state index is -0.757. The SMILES string of the molecule is O=C(O)CN(Cc1nccs1)CC1CC1. The lowest BCUT2D eigenvalue weighted by molar-refractivity contribution is -0.138. The Morgan fingerprint density at radius 3 is 3.00 bits per heavy atom. The third-order valence-corrected chi connectivity index (χ3v) is 3.18. The second kappa shape index (κ2) is 4.72. The molecule has 0 spiro atoms. The Labute approximate surface area is 92.6 Å². The summed E-state index contributed by atoms with van der Waals surface area (Å²) in [6, 6.07) is 0. The Kier molecular flexibility index (Phi) is 3.33. The molecule has 0 saturated heterocycles. The first-order chi connectivity index (χ1) is 7.24. The van der Waals surface area contributed by atoms with Gasteiger partial charge in [-0.05, 0) is 18.8 Å². The van der Waals surface area contributed by atoms with Crippen LogP contribution in [0.4, 0.5) is 0 Å². The monoisotopic (exact) mass is 226 g/mol. The summed E-state index contributed by atoms with van der Waals surface area (Å²) in [6.07, 6.45) is 4.25. The van der Waals surface area contributed by atoms with Crippen molar-refractivity contribution in [2.75, 3.05) is 13.1 Å². The highest BCUT2D eigenvalue weighted by molar-refractivity contribution is 7.09. The van der Waals surface area contributed by atoms with Crippen LogP contribution in [0.2, 0.25) is 0 Å². The van der Waals surface area contributed by atoms with Gasteiger partial charge in [0.2, 0.25) is 0 Å². The average Bonchev–Trinajstić information content (AvgIpc) is 2.80. The fourth-order valence-corrected chi connectivity index (χ4v) is 2.22. The highest BCUT2D eigenvalue weighted by Gasteiger charge is 2.25. The van der Waals surface area contributed by atoms with Crippen molar-refractivity contribution in [2.45, 2.75) is 19.4 Å². The van der Waals surface area contributed by atoms with Crippen LogP contribution in [0, 0.1) is 5.92 Å². The van der Waals surface area contributed by atoms with E-state index >= 15 is 0 Å². The second-order valence-corrected chi connectivity index (χ2v) is 4.91. The Morgan fingerprint density at radius 1 is 1.67 bits per heavy atom. The Morgan fingerprint density at radius 2 is 2.47 bits per heavy atom. The lowest BCUT2D eigenvalue weighted by Crippen LogP contribution is -2.31. The molecule has 1 N–H and O–H groups in total. The normalized spacial score (nSPS) is 15.8. The zero-order chi connectivity index (χ0) is 10.7. The molecule has 5 heteroatoms. The summed E-state index contributed by atoms with van der Waals surface area (Å²) < 4.78 is 0. The number of aliphatic carboxylic acids is 1. The van der Waals surface area contributed by atoms with Crippen molar-refractivity contribution in [3.05, 3.63) is 16.6 Å². The highest BCUT2D eigenvalue weighted by atomic mass is 32.1. The molecule has 1 fully saturated rings. The summed E-state index contributed by atoms with van der Waals surface area (Å²) in [5, 5.41) is 11.7. The van der Waals surface area contributed by atoms with Crippen LogP contribution in [0.5, 0.6) is 0 Å². The van der Waals surface area contributed by atoms with Crippen molar-refractivity contribution >= 4 is 17.3 Å². The van der Waals surface area contributed by atoms with E-state index in [1.807, 2.05) is 10.3 Å². The molecule has 2 rings (SSSR count). The number of thiazole rings is 1. The summed E-state index contributed by atoms with van der Waals surface area (Å²) in [6.45, 7) is 1.68. The van der Waals surface area contributed by atoms with Crippen molar-refractivity contribution in [1.29, 1.82) is 0 Å². The van der Waals surface area contributed by atoms with Gasteiger partial charge in [-0.25, -0.2) is 4.98 Å². The average molecular weight is 226 g/mol. The molecule has 15 heavy (non-hydrogen) atoms. The first kappa shape index (κ1) is 10.6. The third kappa shape index (κ3) is 3.60. The van der Waals surface area contributed by atoms with Gasteiger partial charge in [0.25, 0.3) is 0 Å². The van der Waals surface area contributed by atoms with Crippen molar-refractivity contribution in [1.82, 2.24) is 9.88 Å². The molecule has 0 aliphatic heterocycles. The van der Waals surface area contributed by atoms with Gasteiger partial charge in [-0.3, -0.25) is 9.69 Å². The minimum absolute atomic E-state index is 0.121. The van der Waals surface area contributed by atoms with Crippen LogP contribution in [0.15, 0.2) is 11.6 Å². The molecule has 1 aliphatic rings. The quantitative estimate of drug-likeness (QED) is 0.797. The molecule has 1 aliphatic carbocycles. The van der Waals surface area contributed by atoms with Crippen molar-refractivity contribution in [2.24, 2.45) is 5.92 Å². The zero-order valence-corrected chi connectivity index (χ0v) is 9.24. The Balaban J connectivity index is 1.88. The molecule has 82 valence electrons. The maximum absolute atomic E-state index is 10.7. The van der Waals surface area contributed by atoms with Crippen molar-refractivity contribution in [3.63, 3.8) is 0 Å². The first-order valence-corrected chi connectivity index (χ1v) is 5.94. The molecule has 0 amide bonds. The van der Waals surface area contributed by atoms with Crippen LogP contribution in [0.25, 0.3) is 0 Å². The molecule has 0 unspecified atom stereocenters. The van der Waals surface area contributed by atoms with Gasteiger partial charge in [0.15, 0.2) is 0 Å². The summed E-state index contributed by atoms with van der Waals surface area (Å²) in [5.74, 6) is -0.0449. The van der Waals surface area contributed by atoms with Gasteiger partial charge in [-0.1, -0.05) is 0 Å². The topological polar surface area (TPSA) is 53.4 Å². The summed E-state index contributed by atoms with van der Waals surface area (Å²) in [7, 11) is 0. The lowest BCUT2D eigenvalue weighted by Gasteiger charge is -2.18. The molecule has 0 bridgehead atoms. The van der Waals surface area contributed by atoms with Gasteiger partial charge < -0.3 is 5.11 Å². The molecule has 1 aromatic rings. The fourth-order valence-electron chi connectivity index (χ4n) is 1.56.